The molecule has 0 saturated carbocycles. The van der Waals surface area contributed by atoms with Gasteiger partial charge in [-0.05, 0) is 118 Å². The molecular weight excluding hydrogens is 824 g/mol. The Balaban J connectivity index is 0.000000184. The lowest BCUT2D eigenvalue weighted by Gasteiger charge is -2.45. The number of aliphatic hydroxyl groups is 2. The van der Waals surface area contributed by atoms with Crippen LogP contribution in [0.2, 0.25) is 0 Å². The molecule has 1 saturated heterocycles. The molecule has 2 aromatic heterocycles. The van der Waals surface area contributed by atoms with E-state index in [1.807, 2.05) is 13.8 Å². The second-order valence-electron chi connectivity index (χ2n) is 15.8. The Morgan fingerprint density at radius 3 is 2.00 bits per heavy atom. The van der Waals surface area contributed by atoms with E-state index in [0.717, 1.165) is 43.3 Å². The van der Waals surface area contributed by atoms with Crippen molar-refractivity contribution < 1.29 is 19.8 Å². The molecule has 7 atom stereocenters. The number of fused-ring (bicyclic) bond motifs is 4. The van der Waals surface area contributed by atoms with Crippen LogP contribution in [-0.2, 0) is 36.5 Å². The van der Waals surface area contributed by atoms with Gasteiger partial charge in [-0.15, -0.1) is 0 Å². The number of amides is 2. The largest absolute Gasteiger partial charge is 0.394 e. The quantitative estimate of drug-likeness (QED) is 0.170. The van der Waals surface area contributed by atoms with Crippen molar-refractivity contribution in [2.45, 2.75) is 83.5 Å². The molecule has 0 spiro atoms. The van der Waals surface area contributed by atoms with Crippen LogP contribution in [0.3, 0.4) is 0 Å². The molecule has 4 heterocycles. The molecule has 1 unspecified atom stereocenters. The van der Waals surface area contributed by atoms with Gasteiger partial charge in [-0.1, -0.05) is 51.6 Å². The number of carbonyl (C=O) groups excluding carboxylic acids is 2. The van der Waals surface area contributed by atoms with Gasteiger partial charge in [0.05, 0.1) is 46.3 Å². The lowest BCUT2D eigenvalue weighted by molar-refractivity contribution is -0.128. The maximum Gasteiger partial charge on any atom is 0.228 e. The molecule has 2 aliphatic carbocycles. The van der Waals surface area contributed by atoms with Gasteiger partial charge in [0.15, 0.2) is 0 Å². The summed E-state index contributed by atoms with van der Waals surface area (Å²) in [6.07, 6.45) is 6.46. The third-order valence-corrected chi connectivity index (χ3v) is 14.7. The first-order valence-electron chi connectivity index (χ1n) is 19.4. The van der Waals surface area contributed by atoms with Gasteiger partial charge in [0.25, 0.3) is 0 Å². The number of rotatable bonds is 8. The number of aliphatic hydroxyl groups excluding tert-OH is 2. The number of likely N-dealkylation sites (tertiary alicyclic amines) is 1. The highest BCUT2D eigenvalue weighted by Gasteiger charge is 2.43. The van der Waals surface area contributed by atoms with Gasteiger partial charge in [0, 0.05) is 67.0 Å². The molecule has 298 valence electrons. The van der Waals surface area contributed by atoms with Gasteiger partial charge in [-0.25, -0.2) is 0 Å². The Morgan fingerprint density at radius 1 is 0.800 bits per heavy atom. The minimum atomic E-state index is -0.203. The van der Waals surface area contributed by atoms with Gasteiger partial charge < -0.3 is 34.9 Å². The van der Waals surface area contributed by atoms with Crippen molar-refractivity contribution >= 4 is 71.1 Å². The van der Waals surface area contributed by atoms with Gasteiger partial charge in [0.2, 0.25) is 11.8 Å². The standard InChI is InChI=1S/C21H28BrN3O2.C21H26BrN3O2.CH4/c2*1-4-13(11-26)23-21(27)12-8-15-14-6-5-7-17-19(14)16(20(22)25(17)3)9-18(15)24(2)10-12;/h5-7,12-13,15,18,26H,4,8-11H2,1-3H3,(H,23,27);5-8,12-13,18,26H,4,9-11H2,1-3H3,(H,23,27);1H4/t12-,13+,15?,18-;12-,13+,18-;/m11./s1. The first-order valence-corrected chi connectivity index (χ1v) is 21.0. The number of hydrogen-bond donors (Lipinski definition) is 4. The predicted octanol–water partition coefficient (Wildman–Crippen LogP) is 6.12. The van der Waals surface area contributed by atoms with Crippen LogP contribution in [0.1, 0.15) is 68.7 Å². The van der Waals surface area contributed by atoms with Crippen LogP contribution in [0.4, 0.5) is 0 Å². The molecule has 2 amide bonds. The van der Waals surface area contributed by atoms with E-state index < -0.39 is 0 Å². The summed E-state index contributed by atoms with van der Waals surface area (Å²) in [6.45, 7) is 5.39. The van der Waals surface area contributed by atoms with Crippen LogP contribution in [0, 0.1) is 11.8 Å². The summed E-state index contributed by atoms with van der Waals surface area (Å²) < 4.78 is 6.74. The van der Waals surface area contributed by atoms with Gasteiger partial charge in [-0.3, -0.25) is 14.5 Å². The maximum atomic E-state index is 12.8. The Kier molecular flexibility index (Phi) is 12.7. The van der Waals surface area contributed by atoms with Crippen molar-refractivity contribution in [1.29, 1.82) is 0 Å². The van der Waals surface area contributed by atoms with Crippen molar-refractivity contribution in [2.75, 3.05) is 40.4 Å². The Bertz CT molecular complexity index is 2100. The van der Waals surface area contributed by atoms with E-state index in [9.17, 15) is 19.8 Å². The number of benzene rings is 2. The number of carbonyl (C=O) groups is 2. The fourth-order valence-corrected chi connectivity index (χ4v) is 10.6. The number of piperidine rings is 1. The minimum Gasteiger partial charge on any atom is -0.394 e. The van der Waals surface area contributed by atoms with E-state index in [4.69, 9.17) is 0 Å². The van der Waals surface area contributed by atoms with Gasteiger partial charge >= 0.3 is 0 Å². The maximum absolute atomic E-state index is 12.8. The van der Waals surface area contributed by atoms with E-state index in [2.05, 4.69) is 132 Å². The molecule has 4 N–H and O–H groups in total. The van der Waals surface area contributed by atoms with Crippen LogP contribution >= 0.6 is 31.9 Å². The smallest absolute Gasteiger partial charge is 0.228 e. The van der Waals surface area contributed by atoms with Crippen molar-refractivity contribution in [3.05, 3.63) is 73.9 Å². The fourth-order valence-electron chi connectivity index (χ4n) is 9.53. The monoisotopic (exact) mass is 880 g/mol. The van der Waals surface area contributed by atoms with Crippen LogP contribution in [0.15, 0.2) is 51.7 Å². The molecule has 0 bridgehead atoms. The predicted molar refractivity (Wildman–Crippen MR) is 229 cm³/mol. The SMILES string of the molecule is C.CC[C@@H](CO)NC(=O)[C@@H]1C=C2c3cccc4c3c(c(Br)n4C)C[C@H]2N(C)C1.CC[C@@H](CO)NC(=O)[C@@H]1CC2c3cccc4c3c(c(Br)n4C)C[C@H]2N(C)C1. The average Bonchev–Trinajstić information content (AvgIpc) is 3.58. The highest BCUT2D eigenvalue weighted by molar-refractivity contribution is 9.10. The number of likely N-dealkylation sites (N-methyl/N-ethyl adjacent to an activating group) is 2. The number of aromatic nitrogens is 2. The average molecular weight is 883 g/mol. The number of aryl methyl sites for hydroxylation is 2. The molecule has 10 nitrogen and oxygen atoms in total. The zero-order valence-electron chi connectivity index (χ0n) is 32.2. The van der Waals surface area contributed by atoms with Crippen molar-refractivity contribution in [2.24, 2.45) is 25.9 Å². The highest BCUT2D eigenvalue weighted by atomic mass is 79.9. The van der Waals surface area contributed by atoms with E-state index >= 15 is 0 Å². The zero-order valence-corrected chi connectivity index (χ0v) is 35.4. The zero-order chi connectivity index (χ0) is 38.6. The summed E-state index contributed by atoms with van der Waals surface area (Å²) in [5.41, 5.74) is 9.08. The van der Waals surface area contributed by atoms with E-state index in [1.165, 1.54) is 54.2 Å². The summed E-state index contributed by atoms with van der Waals surface area (Å²) in [5, 5.41) is 27.5. The molecule has 2 aliphatic heterocycles. The Morgan fingerprint density at radius 2 is 1.38 bits per heavy atom. The summed E-state index contributed by atoms with van der Waals surface area (Å²) in [7, 11) is 8.43. The van der Waals surface area contributed by atoms with E-state index in [0.29, 0.717) is 18.5 Å². The lowest BCUT2D eigenvalue weighted by atomic mass is 9.72. The Hall–Kier alpha value is -3.00. The molecular formula is C43H58Br2N6O4. The first-order chi connectivity index (χ1) is 25.9. The number of halogens is 2. The third-order valence-electron chi connectivity index (χ3n) is 12.7. The normalized spacial score (nSPS) is 24.1. The van der Waals surface area contributed by atoms with Crippen LogP contribution in [-0.4, -0.2) is 106 Å². The second-order valence-corrected chi connectivity index (χ2v) is 17.3. The van der Waals surface area contributed by atoms with Gasteiger partial charge in [-0.2, -0.15) is 0 Å². The van der Waals surface area contributed by atoms with Crippen molar-refractivity contribution in [3.63, 3.8) is 0 Å². The van der Waals surface area contributed by atoms with E-state index in [1.54, 1.807) is 0 Å². The Labute approximate surface area is 342 Å². The molecule has 0 radical (unpaired) electrons. The topological polar surface area (TPSA) is 115 Å². The molecule has 1 fully saturated rings. The number of nitrogens with zero attached hydrogens (tertiary/aromatic N) is 4. The number of nitrogens with one attached hydrogen (secondary N) is 2. The summed E-state index contributed by atoms with van der Waals surface area (Å²) in [4.78, 5) is 30.3. The molecule has 12 heteroatoms. The van der Waals surface area contributed by atoms with Crippen LogP contribution < -0.4 is 10.6 Å². The molecule has 2 aromatic carbocycles. The summed E-state index contributed by atoms with van der Waals surface area (Å²) in [6, 6.07) is 13.4. The molecule has 4 aliphatic rings. The second kappa shape index (κ2) is 16.8. The van der Waals surface area contributed by atoms with Crippen LogP contribution in [0.25, 0.3) is 27.4 Å². The van der Waals surface area contributed by atoms with Crippen molar-refractivity contribution in [1.82, 2.24) is 29.6 Å². The molecule has 55 heavy (non-hydrogen) atoms. The molecule has 8 rings (SSSR count). The minimum absolute atomic E-state index is 0. The molecule has 4 aromatic rings. The third kappa shape index (κ3) is 7.36. The summed E-state index contributed by atoms with van der Waals surface area (Å²) >= 11 is 7.57. The number of hydrogen-bond acceptors (Lipinski definition) is 6. The van der Waals surface area contributed by atoms with Crippen LogP contribution in [0.5, 0.6) is 0 Å². The fraction of sp³-hybridized carbons (Fsp3) is 0.535. The lowest BCUT2D eigenvalue weighted by Crippen LogP contribution is -2.52. The van der Waals surface area contributed by atoms with Crippen molar-refractivity contribution in [3.8, 4) is 0 Å². The summed E-state index contributed by atoms with van der Waals surface area (Å²) in [5.74, 6) is 0.195. The van der Waals surface area contributed by atoms with E-state index in [-0.39, 0.29) is 62.4 Å². The first kappa shape index (κ1) is 41.6. The van der Waals surface area contributed by atoms with Gasteiger partial charge in [0.1, 0.15) is 0 Å². The highest BCUT2D eigenvalue weighted by Crippen LogP contribution is 2.47.